The SMILES string of the molecule is Cc1ccc(F)cc1C(=O)NCC1NCCc2ccccc21. The first kappa shape index (κ1) is 14.7. The zero-order valence-electron chi connectivity index (χ0n) is 12.5. The average Bonchev–Trinajstić information content (AvgIpc) is 2.54. The number of rotatable bonds is 3. The van der Waals surface area contributed by atoms with Crippen LogP contribution in [0.3, 0.4) is 0 Å². The number of aryl methyl sites for hydroxylation is 1. The minimum atomic E-state index is -0.392. The van der Waals surface area contributed by atoms with E-state index in [1.54, 1.807) is 6.07 Å². The van der Waals surface area contributed by atoms with Crippen molar-refractivity contribution in [3.05, 3.63) is 70.5 Å². The molecule has 1 aliphatic rings. The van der Waals surface area contributed by atoms with E-state index >= 15 is 0 Å². The van der Waals surface area contributed by atoms with Crippen LogP contribution >= 0.6 is 0 Å². The standard InChI is InChI=1S/C18H19FN2O/c1-12-6-7-14(19)10-16(12)18(22)21-11-17-15-5-3-2-4-13(15)8-9-20-17/h2-7,10,17,20H,8-9,11H2,1H3,(H,21,22). The van der Waals surface area contributed by atoms with E-state index in [-0.39, 0.29) is 11.9 Å². The van der Waals surface area contributed by atoms with Crippen LogP contribution in [0.4, 0.5) is 4.39 Å². The molecule has 2 aromatic rings. The minimum absolute atomic E-state index is 0.0998. The van der Waals surface area contributed by atoms with Crippen LogP contribution in [-0.4, -0.2) is 19.0 Å². The van der Waals surface area contributed by atoms with Gasteiger partial charge in [-0.05, 0) is 48.7 Å². The van der Waals surface area contributed by atoms with Gasteiger partial charge in [0.25, 0.3) is 5.91 Å². The van der Waals surface area contributed by atoms with Crippen molar-refractivity contribution in [1.82, 2.24) is 10.6 Å². The summed E-state index contributed by atoms with van der Waals surface area (Å²) in [7, 11) is 0. The molecular formula is C18H19FN2O. The number of halogens is 1. The van der Waals surface area contributed by atoms with Crippen LogP contribution in [0.1, 0.15) is 33.1 Å². The molecule has 0 saturated carbocycles. The predicted molar refractivity (Wildman–Crippen MR) is 84.4 cm³/mol. The van der Waals surface area contributed by atoms with Gasteiger partial charge in [-0.2, -0.15) is 0 Å². The van der Waals surface area contributed by atoms with Crippen LogP contribution in [-0.2, 0) is 6.42 Å². The Kier molecular flexibility index (Phi) is 4.20. The number of hydrogen-bond acceptors (Lipinski definition) is 2. The van der Waals surface area contributed by atoms with Crippen molar-refractivity contribution in [3.8, 4) is 0 Å². The molecule has 0 aromatic heterocycles. The lowest BCUT2D eigenvalue weighted by Crippen LogP contribution is -2.39. The number of carbonyl (C=O) groups excluding carboxylic acids is 1. The molecule has 3 nitrogen and oxygen atoms in total. The third-order valence-electron chi connectivity index (χ3n) is 4.13. The molecule has 1 heterocycles. The summed E-state index contributed by atoms with van der Waals surface area (Å²) < 4.78 is 13.3. The number of hydrogen-bond donors (Lipinski definition) is 2. The highest BCUT2D eigenvalue weighted by atomic mass is 19.1. The van der Waals surface area contributed by atoms with Crippen molar-refractivity contribution in [2.75, 3.05) is 13.1 Å². The second-order valence-corrected chi connectivity index (χ2v) is 5.62. The first-order valence-corrected chi connectivity index (χ1v) is 7.50. The van der Waals surface area contributed by atoms with E-state index in [4.69, 9.17) is 0 Å². The van der Waals surface area contributed by atoms with Gasteiger partial charge in [-0.1, -0.05) is 30.3 Å². The van der Waals surface area contributed by atoms with E-state index in [1.807, 2.05) is 19.1 Å². The van der Waals surface area contributed by atoms with E-state index < -0.39 is 5.82 Å². The van der Waals surface area contributed by atoms with Crippen molar-refractivity contribution in [2.24, 2.45) is 0 Å². The van der Waals surface area contributed by atoms with E-state index in [9.17, 15) is 9.18 Å². The lowest BCUT2D eigenvalue weighted by atomic mass is 9.94. The Balaban J connectivity index is 1.71. The molecule has 0 radical (unpaired) electrons. The highest BCUT2D eigenvalue weighted by Gasteiger charge is 2.20. The summed E-state index contributed by atoms with van der Waals surface area (Å²) in [5.41, 5.74) is 3.72. The van der Waals surface area contributed by atoms with Crippen LogP contribution in [0.25, 0.3) is 0 Å². The van der Waals surface area contributed by atoms with Gasteiger partial charge in [0.2, 0.25) is 0 Å². The molecule has 0 bridgehead atoms. The molecule has 114 valence electrons. The van der Waals surface area contributed by atoms with Crippen molar-refractivity contribution < 1.29 is 9.18 Å². The molecular weight excluding hydrogens is 279 g/mol. The molecule has 4 heteroatoms. The van der Waals surface area contributed by atoms with E-state index in [0.29, 0.717) is 12.1 Å². The van der Waals surface area contributed by atoms with Crippen LogP contribution in [0.5, 0.6) is 0 Å². The average molecular weight is 298 g/mol. The summed E-state index contributed by atoms with van der Waals surface area (Å²) in [4.78, 5) is 12.3. The summed E-state index contributed by atoms with van der Waals surface area (Å²) in [6.07, 6.45) is 1.00. The van der Waals surface area contributed by atoms with Gasteiger partial charge < -0.3 is 10.6 Å². The third-order valence-corrected chi connectivity index (χ3v) is 4.13. The van der Waals surface area contributed by atoms with Crippen LogP contribution in [0, 0.1) is 12.7 Å². The van der Waals surface area contributed by atoms with Crippen LogP contribution < -0.4 is 10.6 Å². The summed E-state index contributed by atoms with van der Waals surface area (Å²) in [5.74, 6) is -0.626. The fourth-order valence-electron chi connectivity index (χ4n) is 2.90. The molecule has 1 unspecified atom stereocenters. The monoisotopic (exact) mass is 298 g/mol. The second-order valence-electron chi connectivity index (χ2n) is 5.62. The number of amides is 1. The molecule has 0 aliphatic carbocycles. The molecule has 1 aliphatic heterocycles. The quantitative estimate of drug-likeness (QED) is 0.915. The highest BCUT2D eigenvalue weighted by molar-refractivity contribution is 5.95. The molecule has 0 spiro atoms. The Morgan fingerprint density at radius 2 is 2.14 bits per heavy atom. The largest absolute Gasteiger partial charge is 0.350 e. The molecule has 0 saturated heterocycles. The van der Waals surface area contributed by atoms with Crippen LogP contribution in [0.2, 0.25) is 0 Å². The van der Waals surface area contributed by atoms with Crippen molar-refractivity contribution in [1.29, 1.82) is 0 Å². The maximum atomic E-state index is 13.3. The molecule has 0 fully saturated rings. The van der Waals surface area contributed by atoms with Gasteiger partial charge in [-0.3, -0.25) is 4.79 Å². The maximum absolute atomic E-state index is 13.3. The lowest BCUT2D eigenvalue weighted by molar-refractivity contribution is 0.0948. The van der Waals surface area contributed by atoms with Gasteiger partial charge in [0.15, 0.2) is 0 Å². The van der Waals surface area contributed by atoms with Gasteiger partial charge in [0, 0.05) is 18.2 Å². The molecule has 1 amide bonds. The Hall–Kier alpha value is -2.20. The summed E-state index contributed by atoms with van der Waals surface area (Å²) >= 11 is 0. The predicted octanol–water partition coefficient (Wildman–Crippen LogP) is 2.75. The number of carbonyl (C=O) groups is 1. The fraction of sp³-hybridized carbons (Fsp3) is 0.278. The maximum Gasteiger partial charge on any atom is 0.251 e. The van der Waals surface area contributed by atoms with Gasteiger partial charge in [-0.25, -0.2) is 4.39 Å². The van der Waals surface area contributed by atoms with Gasteiger partial charge in [-0.15, -0.1) is 0 Å². The molecule has 1 atom stereocenters. The van der Waals surface area contributed by atoms with Crippen LogP contribution in [0.15, 0.2) is 42.5 Å². The minimum Gasteiger partial charge on any atom is -0.350 e. The molecule has 3 rings (SSSR count). The van der Waals surface area contributed by atoms with E-state index in [2.05, 4.69) is 22.8 Å². The van der Waals surface area contributed by atoms with Gasteiger partial charge in [0.1, 0.15) is 5.82 Å². The Bertz CT molecular complexity index is 699. The Morgan fingerprint density at radius 3 is 3.00 bits per heavy atom. The zero-order valence-corrected chi connectivity index (χ0v) is 12.5. The first-order chi connectivity index (χ1) is 10.6. The van der Waals surface area contributed by atoms with E-state index in [1.165, 1.54) is 23.3 Å². The zero-order chi connectivity index (χ0) is 15.5. The topological polar surface area (TPSA) is 41.1 Å². The summed E-state index contributed by atoms with van der Waals surface area (Å²) in [6.45, 7) is 3.20. The Labute approximate surface area is 129 Å². The van der Waals surface area contributed by atoms with Crippen molar-refractivity contribution in [3.63, 3.8) is 0 Å². The molecule has 2 aromatic carbocycles. The van der Waals surface area contributed by atoms with E-state index in [0.717, 1.165) is 18.5 Å². The number of benzene rings is 2. The Morgan fingerprint density at radius 1 is 1.32 bits per heavy atom. The fourth-order valence-corrected chi connectivity index (χ4v) is 2.90. The van der Waals surface area contributed by atoms with Crippen molar-refractivity contribution >= 4 is 5.91 Å². The summed E-state index contributed by atoms with van der Waals surface area (Å²) in [5, 5.41) is 6.33. The van der Waals surface area contributed by atoms with Gasteiger partial charge >= 0.3 is 0 Å². The second kappa shape index (κ2) is 6.28. The molecule has 22 heavy (non-hydrogen) atoms. The van der Waals surface area contributed by atoms with Gasteiger partial charge in [0.05, 0.1) is 0 Å². The lowest BCUT2D eigenvalue weighted by Gasteiger charge is -2.27. The number of nitrogens with one attached hydrogen (secondary N) is 2. The first-order valence-electron chi connectivity index (χ1n) is 7.50. The normalized spacial score (nSPS) is 16.9. The highest BCUT2D eigenvalue weighted by Crippen LogP contribution is 2.22. The molecule has 2 N–H and O–H groups in total. The number of fused-ring (bicyclic) bond motifs is 1. The van der Waals surface area contributed by atoms with Crippen molar-refractivity contribution in [2.45, 2.75) is 19.4 Å². The smallest absolute Gasteiger partial charge is 0.251 e. The third kappa shape index (κ3) is 3.02. The summed E-state index contributed by atoms with van der Waals surface area (Å²) in [6, 6.07) is 12.6.